The fourth-order valence-corrected chi connectivity index (χ4v) is 3.13. The first-order chi connectivity index (χ1) is 12.2. The molecule has 142 valence electrons. The molecule has 1 fully saturated rings. The maximum Gasteiger partial charge on any atom is 0.453 e. The fraction of sp³-hybridized carbons (Fsp3) is 0.625. The molecule has 1 unspecified atom stereocenters. The normalized spacial score (nSPS) is 18.5. The third-order valence-electron chi connectivity index (χ3n) is 4.49. The summed E-state index contributed by atoms with van der Waals surface area (Å²) >= 11 is 0. The summed E-state index contributed by atoms with van der Waals surface area (Å²) in [5.74, 6) is -1.32. The van der Waals surface area contributed by atoms with Crippen molar-refractivity contribution in [3.05, 3.63) is 22.8 Å². The smallest absolute Gasteiger partial charge is 0.375 e. The highest BCUT2D eigenvalue weighted by Crippen LogP contribution is 2.27. The van der Waals surface area contributed by atoms with Gasteiger partial charge in [-0.15, -0.1) is 5.10 Å². The SMILES string of the molecule is Cc1nc2nc(C(F)(F)F)nn2c(C)c1CCC(=O)N1CCOC(C)C1. The van der Waals surface area contributed by atoms with Crippen LogP contribution in [0.15, 0.2) is 0 Å². The summed E-state index contributed by atoms with van der Waals surface area (Å²) in [6, 6.07) is 0. The third-order valence-corrected chi connectivity index (χ3v) is 4.49. The largest absolute Gasteiger partial charge is 0.453 e. The van der Waals surface area contributed by atoms with Gasteiger partial charge in [0.25, 0.3) is 11.6 Å². The lowest BCUT2D eigenvalue weighted by molar-refractivity contribution is -0.144. The first-order valence-electron chi connectivity index (χ1n) is 8.36. The molecular weight excluding hydrogens is 351 g/mol. The van der Waals surface area contributed by atoms with Crippen LogP contribution in [-0.4, -0.2) is 56.2 Å². The molecule has 1 atom stereocenters. The second-order valence-corrected chi connectivity index (χ2v) is 6.43. The van der Waals surface area contributed by atoms with E-state index in [2.05, 4.69) is 15.1 Å². The number of carbonyl (C=O) groups is 1. The molecule has 26 heavy (non-hydrogen) atoms. The van der Waals surface area contributed by atoms with Crippen molar-refractivity contribution in [1.29, 1.82) is 0 Å². The van der Waals surface area contributed by atoms with Crippen molar-refractivity contribution >= 4 is 11.7 Å². The molecule has 1 amide bonds. The number of carbonyl (C=O) groups excluding carboxylic acids is 1. The van der Waals surface area contributed by atoms with Gasteiger partial charge in [0, 0.05) is 30.9 Å². The topological polar surface area (TPSA) is 72.6 Å². The average molecular weight is 371 g/mol. The van der Waals surface area contributed by atoms with E-state index in [4.69, 9.17) is 4.74 Å². The molecule has 0 spiro atoms. The van der Waals surface area contributed by atoms with E-state index in [0.717, 1.165) is 4.52 Å². The fourth-order valence-electron chi connectivity index (χ4n) is 3.13. The van der Waals surface area contributed by atoms with Crippen LogP contribution in [0, 0.1) is 13.8 Å². The third kappa shape index (κ3) is 3.64. The quantitative estimate of drug-likeness (QED) is 0.825. The van der Waals surface area contributed by atoms with Gasteiger partial charge in [0.05, 0.1) is 12.7 Å². The molecule has 1 saturated heterocycles. The van der Waals surface area contributed by atoms with Gasteiger partial charge in [0.2, 0.25) is 5.91 Å². The predicted molar refractivity (Wildman–Crippen MR) is 85.6 cm³/mol. The lowest BCUT2D eigenvalue weighted by Gasteiger charge is -2.31. The summed E-state index contributed by atoms with van der Waals surface area (Å²) in [6.07, 6.45) is -3.99. The number of alkyl halides is 3. The molecule has 10 heteroatoms. The molecule has 3 heterocycles. The van der Waals surface area contributed by atoms with Crippen LogP contribution >= 0.6 is 0 Å². The van der Waals surface area contributed by atoms with E-state index in [1.54, 1.807) is 18.7 Å². The van der Waals surface area contributed by atoms with Gasteiger partial charge in [-0.05, 0) is 32.8 Å². The van der Waals surface area contributed by atoms with Crippen LogP contribution in [0.1, 0.15) is 36.1 Å². The van der Waals surface area contributed by atoms with Gasteiger partial charge < -0.3 is 9.64 Å². The molecule has 0 aliphatic carbocycles. The Balaban J connectivity index is 1.80. The number of hydrogen-bond acceptors (Lipinski definition) is 5. The number of morpholine rings is 1. The summed E-state index contributed by atoms with van der Waals surface area (Å²) in [5, 5.41) is 3.52. The molecule has 0 bridgehead atoms. The van der Waals surface area contributed by atoms with Crippen molar-refractivity contribution in [2.45, 2.75) is 45.9 Å². The highest BCUT2D eigenvalue weighted by Gasteiger charge is 2.37. The van der Waals surface area contributed by atoms with Crippen LogP contribution in [0.25, 0.3) is 5.78 Å². The average Bonchev–Trinajstić information content (AvgIpc) is 2.99. The van der Waals surface area contributed by atoms with Crippen molar-refractivity contribution < 1.29 is 22.7 Å². The van der Waals surface area contributed by atoms with E-state index in [1.165, 1.54) is 0 Å². The second kappa shape index (κ2) is 6.82. The number of hydrogen-bond donors (Lipinski definition) is 0. The Kier molecular flexibility index (Phi) is 4.87. The number of amides is 1. The highest BCUT2D eigenvalue weighted by atomic mass is 19.4. The number of rotatable bonds is 3. The zero-order valence-electron chi connectivity index (χ0n) is 14.8. The zero-order valence-corrected chi connectivity index (χ0v) is 14.8. The number of aromatic nitrogens is 4. The Hall–Kier alpha value is -2.23. The summed E-state index contributed by atoms with van der Waals surface area (Å²) in [7, 11) is 0. The van der Waals surface area contributed by atoms with E-state index in [9.17, 15) is 18.0 Å². The van der Waals surface area contributed by atoms with E-state index in [-0.39, 0.29) is 24.2 Å². The number of ether oxygens (including phenoxy) is 1. The minimum Gasteiger partial charge on any atom is -0.375 e. The van der Waals surface area contributed by atoms with Gasteiger partial charge >= 0.3 is 6.18 Å². The summed E-state index contributed by atoms with van der Waals surface area (Å²) in [4.78, 5) is 21.7. The maximum atomic E-state index is 12.8. The van der Waals surface area contributed by atoms with Crippen molar-refractivity contribution in [2.24, 2.45) is 0 Å². The summed E-state index contributed by atoms with van der Waals surface area (Å²) < 4.78 is 45.0. The van der Waals surface area contributed by atoms with Gasteiger partial charge in [-0.2, -0.15) is 18.2 Å². The van der Waals surface area contributed by atoms with Crippen LogP contribution in [0.5, 0.6) is 0 Å². The van der Waals surface area contributed by atoms with E-state index >= 15 is 0 Å². The number of nitrogens with zero attached hydrogens (tertiary/aromatic N) is 5. The van der Waals surface area contributed by atoms with Crippen molar-refractivity contribution in [3.63, 3.8) is 0 Å². The van der Waals surface area contributed by atoms with Crippen LogP contribution in [0.4, 0.5) is 13.2 Å². The zero-order chi connectivity index (χ0) is 19.1. The highest BCUT2D eigenvalue weighted by molar-refractivity contribution is 5.76. The summed E-state index contributed by atoms with van der Waals surface area (Å²) in [6.45, 7) is 6.88. The predicted octanol–water partition coefficient (Wildman–Crippen LogP) is 1.94. The van der Waals surface area contributed by atoms with E-state index in [1.807, 2.05) is 6.92 Å². The Morgan fingerprint density at radius 2 is 2.04 bits per heavy atom. The van der Waals surface area contributed by atoms with Crippen molar-refractivity contribution in [2.75, 3.05) is 19.7 Å². The Morgan fingerprint density at radius 3 is 2.69 bits per heavy atom. The maximum absolute atomic E-state index is 12.8. The molecule has 0 N–H and O–H groups in total. The molecular formula is C16H20F3N5O2. The lowest BCUT2D eigenvalue weighted by Crippen LogP contribution is -2.44. The van der Waals surface area contributed by atoms with Crippen LogP contribution < -0.4 is 0 Å². The Morgan fingerprint density at radius 1 is 1.31 bits per heavy atom. The Bertz CT molecular complexity index is 833. The molecule has 1 aliphatic rings. The molecule has 7 nitrogen and oxygen atoms in total. The van der Waals surface area contributed by atoms with Crippen molar-refractivity contribution in [1.82, 2.24) is 24.5 Å². The molecule has 0 radical (unpaired) electrons. The monoisotopic (exact) mass is 371 g/mol. The van der Waals surface area contributed by atoms with Crippen LogP contribution in [0.2, 0.25) is 0 Å². The van der Waals surface area contributed by atoms with Gasteiger partial charge in [-0.3, -0.25) is 4.79 Å². The number of aryl methyl sites for hydroxylation is 2. The van der Waals surface area contributed by atoms with Gasteiger partial charge in [0.1, 0.15) is 0 Å². The molecule has 2 aromatic rings. The summed E-state index contributed by atoms with van der Waals surface area (Å²) in [5.41, 5.74) is 1.78. The van der Waals surface area contributed by atoms with E-state index in [0.29, 0.717) is 43.1 Å². The first kappa shape index (κ1) is 18.6. The van der Waals surface area contributed by atoms with Gasteiger partial charge in [-0.25, -0.2) is 9.50 Å². The molecule has 3 rings (SSSR count). The van der Waals surface area contributed by atoms with Crippen molar-refractivity contribution in [3.8, 4) is 0 Å². The van der Waals surface area contributed by atoms with Crippen LogP contribution in [0.3, 0.4) is 0 Å². The minimum atomic E-state index is -4.63. The minimum absolute atomic E-state index is 0.00475. The number of halogens is 3. The molecule has 1 aliphatic heterocycles. The van der Waals surface area contributed by atoms with Crippen LogP contribution in [-0.2, 0) is 22.1 Å². The number of fused-ring (bicyclic) bond motifs is 1. The molecule has 2 aromatic heterocycles. The first-order valence-corrected chi connectivity index (χ1v) is 8.36. The lowest BCUT2D eigenvalue weighted by atomic mass is 10.1. The molecule has 0 saturated carbocycles. The van der Waals surface area contributed by atoms with E-state index < -0.39 is 12.0 Å². The van der Waals surface area contributed by atoms with Gasteiger partial charge in [0.15, 0.2) is 0 Å². The Labute approximate surface area is 148 Å². The van der Waals surface area contributed by atoms with Gasteiger partial charge in [-0.1, -0.05) is 0 Å². The molecule has 0 aromatic carbocycles. The standard InChI is InChI=1S/C16H20F3N5O2/c1-9-8-23(6-7-26-9)13(25)5-4-12-10(2)20-15-21-14(16(17,18)19)22-24(15)11(12)3/h9H,4-8H2,1-3H3. The second-order valence-electron chi connectivity index (χ2n) is 6.43.